The Balaban J connectivity index is 1.71. The Morgan fingerprint density at radius 3 is 2.30 bits per heavy atom. The first kappa shape index (κ1) is 20.9. The Kier molecular flexibility index (Phi) is 6.06. The molecule has 0 radical (unpaired) electrons. The number of aromatic nitrogens is 2. The van der Waals surface area contributed by atoms with Gasteiger partial charge in [-0.25, -0.2) is 9.59 Å². The van der Waals surface area contributed by atoms with Crippen LogP contribution in [0.5, 0.6) is 0 Å². The minimum Gasteiger partial charge on any atom is -0.324 e. The number of amides is 3. The number of likely N-dealkylation sites (N-methyl/N-ethyl adjacent to an activating group) is 1. The molecule has 0 aliphatic heterocycles. The number of benzene rings is 2. The number of urea groups is 1. The zero-order valence-corrected chi connectivity index (χ0v) is 17.4. The maximum Gasteiger partial charge on any atom is 0.330 e. The van der Waals surface area contributed by atoms with Crippen molar-refractivity contribution >= 4 is 23.3 Å². The molecule has 3 amide bonds. The average molecular weight is 407 g/mol. The number of anilines is 2. The molecule has 3 aromatic rings. The zero-order valence-electron chi connectivity index (χ0n) is 17.4. The van der Waals surface area contributed by atoms with Crippen LogP contribution in [0.1, 0.15) is 16.8 Å². The van der Waals surface area contributed by atoms with Gasteiger partial charge in [0.05, 0.1) is 11.4 Å². The predicted molar refractivity (Wildman–Crippen MR) is 117 cm³/mol. The second kappa shape index (κ2) is 8.69. The Morgan fingerprint density at radius 1 is 1.00 bits per heavy atom. The Labute approximate surface area is 174 Å². The van der Waals surface area contributed by atoms with Crippen LogP contribution in [-0.2, 0) is 4.79 Å². The minimum absolute atomic E-state index is 0.120. The lowest BCUT2D eigenvalue weighted by atomic mass is 10.1. The second-order valence-corrected chi connectivity index (χ2v) is 7.19. The SMILES string of the molecule is Cc1cccc(C)c1NC(=O)CN(C)C(=O)Nc1ccccc1-n1c(C)c[nH]c1=O. The molecule has 8 nitrogen and oxygen atoms in total. The molecule has 3 N–H and O–H groups in total. The first-order chi connectivity index (χ1) is 14.3. The fourth-order valence-corrected chi connectivity index (χ4v) is 3.22. The van der Waals surface area contributed by atoms with Crippen LogP contribution in [0.25, 0.3) is 5.69 Å². The molecule has 0 aliphatic carbocycles. The number of nitrogens with one attached hydrogen (secondary N) is 3. The molecule has 1 heterocycles. The zero-order chi connectivity index (χ0) is 21.8. The highest BCUT2D eigenvalue weighted by atomic mass is 16.2. The molecule has 8 heteroatoms. The number of rotatable bonds is 5. The average Bonchev–Trinajstić information content (AvgIpc) is 3.03. The van der Waals surface area contributed by atoms with Crippen molar-refractivity contribution in [1.82, 2.24) is 14.5 Å². The molecule has 1 aromatic heterocycles. The van der Waals surface area contributed by atoms with Crippen LogP contribution in [0.3, 0.4) is 0 Å². The molecule has 0 bridgehead atoms. The first-order valence-electron chi connectivity index (χ1n) is 9.52. The second-order valence-electron chi connectivity index (χ2n) is 7.19. The van der Waals surface area contributed by atoms with E-state index in [-0.39, 0.29) is 18.1 Å². The number of hydrogen-bond acceptors (Lipinski definition) is 3. The molecule has 0 aliphatic rings. The van der Waals surface area contributed by atoms with Crippen molar-refractivity contribution in [3.05, 3.63) is 76.0 Å². The lowest BCUT2D eigenvalue weighted by molar-refractivity contribution is -0.116. The van der Waals surface area contributed by atoms with E-state index in [9.17, 15) is 14.4 Å². The van der Waals surface area contributed by atoms with E-state index in [1.54, 1.807) is 37.4 Å². The normalized spacial score (nSPS) is 10.5. The Hall–Kier alpha value is -3.81. The third-order valence-electron chi connectivity index (χ3n) is 4.82. The number of aromatic amines is 1. The van der Waals surface area contributed by atoms with Crippen molar-refractivity contribution < 1.29 is 9.59 Å². The number of hydrogen-bond donors (Lipinski definition) is 3. The van der Waals surface area contributed by atoms with Gasteiger partial charge in [0.15, 0.2) is 0 Å². The van der Waals surface area contributed by atoms with Gasteiger partial charge in [0, 0.05) is 24.6 Å². The van der Waals surface area contributed by atoms with Crippen LogP contribution in [0.15, 0.2) is 53.5 Å². The molecule has 30 heavy (non-hydrogen) atoms. The minimum atomic E-state index is -0.458. The summed E-state index contributed by atoms with van der Waals surface area (Å²) in [4.78, 5) is 41.1. The van der Waals surface area contributed by atoms with Crippen molar-refractivity contribution in [2.45, 2.75) is 20.8 Å². The van der Waals surface area contributed by atoms with Crippen LogP contribution in [-0.4, -0.2) is 40.0 Å². The van der Waals surface area contributed by atoms with Crippen molar-refractivity contribution in [1.29, 1.82) is 0 Å². The molecule has 0 saturated heterocycles. The summed E-state index contributed by atoms with van der Waals surface area (Å²) in [6.45, 7) is 5.51. The third kappa shape index (κ3) is 4.43. The number of para-hydroxylation sites is 3. The summed E-state index contributed by atoms with van der Waals surface area (Å²) in [5, 5.41) is 5.65. The number of imidazole rings is 1. The van der Waals surface area contributed by atoms with E-state index >= 15 is 0 Å². The molecule has 0 unspecified atom stereocenters. The van der Waals surface area contributed by atoms with Gasteiger partial charge in [0.2, 0.25) is 5.91 Å². The van der Waals surface area contributed by atoms with E-state index in [1.165, 1.54) is 16.5 Å². The number of H-pyrrole nitrogens is 1. The largest absolute Gasteiger partial charge is 0.330 e. The molecular formula is C22H25N5O3. The molecular weight excluding hydrogens is 382 g/mol. The van der Waals surface area contributed by atoms with Gasteiger partial charge >= 0.3 is 11.7 Å². The van der Waals surface area contributed by atoms with E-state index in [0.29, 0.717) is 17.1 Å². The summed E-state index contributed by atoms with van der Waals surface area (Å²) in [7, 11) is 1.54. The molecule has 0 spiro atoms. The van der Waals surface area contributed by atoms with E-state index in [2.05, 4.69) is 15.6 Å². The highest BCUT2D eigenvalue weighted by Gasteiger charge is 2.17. The maximum absolute atomic E-state index is 12.7. The van der Waals surface area contributed by atoms with Gasteiger partial charge in [-0.2, -0.15) is 0 Å². The van der Waals surface area contributed by atoms with Gasteiger partial charge in [0.1, 0.15) is 6.54 Å². The molecule has 156 valence electrons. The summed E-state index contributed by atoms with van der Waals surface area (Å²) in [6.07, 6.45) is 1.60. The number of aryl methyl sites for hydroxylation is 3. The predicted octanol–water partition coefficient (Wildman–Crippen LogP) is 3.19. The summed E-state index contributed by atoms with van der Waals surface area (Å²) >= 11 is 0. The maximum atomic E-state index is 12.7. The van der Waals surface area contributed by atoms with Crippen LogP contribution in [0.4, 0.5) is 16.2 Å². The van der Waals surface area contributed by atoms with E-state index in [4.69, 9.17) is 0 Å². The highest BCUT2D eigenvalue weighted by Crippen LogP contribution is 2.21. The first-order valence-corrected chi connectivity index (χ1v) is 9.52. The highest BCUT2D eigenvalue weighted by molar-refractivity contribution is 5.98. The summed E-state index contributed by atoms with van der Waals surface area (Å²) in [6, 6.07) is 12.3. The van der Waals surface area contributed by atoms with E-state index in [1.807, 2.05) is 32.0 Å². The van der Waals surface area contributed by atoms with Gasteiger partial charge < -0.3 is 20.5 Å². The lowest BCUT2D eigenvalue weighted by Gasteiger charge is -2.20. The molecule has 0 fully saturated rings. The van der Waals surface area contributed by atoms with Gasteiger partial charge in [-0.15, -0.1) is 0 Å². The smallest absolute Gasteiger partial charge is 0.324 e. The quantitative estimate of drug-likeness (QED) is 0.606. The number of nitrogens with zero attached hydrogens (tertiary/aromatic N) is 2. The lowest BCUT2D eigenvalue weighted by Crippen LogP contribution is -2.38. The van der Waals surface area contributed by atoms with Crippen molar-refractivity contribution in [3.63, 3.8) is 0 Å². The van der Waals surface area contributed by atoms with Gasteiger partial charge in [-0.1, -0.05) is 30.3 Å². The third-order valence-corrected chi connectivity index (χ3v) is 4.82. The number of carbonyl (C=O) groups excluding carboxylic acids is 2. The van der Waals surface area contributed by atoms with Crippen LogP contribution in [0.2, 0.25) is 0 Å². The molecule has 3 rings (SSSR count). The van der Waals surface area contributed by atoms with Crippen molar-refractivity contribution in [2.75, 3.05) is 24.2 Å². The molecule has 2 aromatic carbocycles. The Morgan fingerprint density at radius 2 is 1.67 bits per heavy atom. The fourth-order valence-electron chi connectivity index (χ4n) is 3.22. The van der Waals surface area contributed by atoms with Gasteiger partial charge in [-0.05, 0) is 44.0 Å². The van der Waals surface area contributed by atoms with Crippen molar-refractivity contribution in [2.24, 2.45) is 0 Å². The summed E-state index contributed by atoms with van der Waals surface area (Å²) < 4.78 is 1.48. The van der Waals surface area contributed by atoms with E-state index < -0.39 is 6.03 Å². The topological polar surface area (TPSA) is 99.2 Å². The van der Waals surface area contributed by atoms with Crippen LogP contribution in [0, 0.1) is 20.8 Å². The Bertz CT molecular complexity index is 1130. The van der Waals surface area contributed by atoms with Gasteiger partial charge in [-0.3, -0.25) is 9.36 Å². The fraction of sp³-hybridized carbons (Fsp3) is 0.227. The standard InChI is InChI=1S/C22H25N5O3/c1-14-8-7-9-15(2)20(14)25-19(28)13-26(4)22(30)24-17-10-5-6-11-18(17)27-16(3)12-23-21(27)29/h5-12H,13H2,1-4H3,(H,23,29)(H,24,30)(H,25,28). The van der Waals surface area contributed by atoms with Crippen molar-refractivity contribution in [3.8, 4) is 5.69 Å². The van der Waals surface area contributed by atoms with Gasteiger partial charge in [0.25, 0.3) is 0 Å². The van der Waals surface area contributed by atoms with Crippen LogP contribution < -0.4 is 16.3 Å². The van der Waals surface area contributed by atoms with E-state index in [0.717, 1.165) is 16.8 Å². The monoisotopic (exact) mass is 407 g/mol. The summed E-state index contributed by atoms with van der Waals surface area (Å²) in [5.41, 5.74) is 4.09. The number of carbonyl (C=O) groups is 2. The summed E-state index contributed by atoms with van der Waals surface area (Å²) in [5.74, 6) is -0.295. The molecule has 0 atom stereocenters. The van der Waals surface area contributed by atoms with Crippen LogP contribution >= 0.6 is 0 Å². The molecule has 0 saturated carbocycles.